The minimum Gasteiger partial charge on any atom is -0.376 e. The molecule has 1 saturated heterocycles. The number of hydrogen-bond acceptors (Lipinski definition) is 4. The first-order valence-electron chi connectivity index (χ1n) is 9.75. The van der Waals surface area contributed by atoms with E-state index in [1.54, 1.807) is 12.4 Å². The van der Waals surface area contributed by atoms with Crippen molar-refractivity contribution in [3.63, 3.8) is 0 Å². The van der Waals surface area contributed by atoms with Crippen molar-refractivity contribution in [2.75, 3.05) is 13.2 Å². The second kappa shape index (κ2) is 7.98. The number of fused-ring (bicyclic) bond motifs is 1. The van der Waals surface area contributed by atoms with Gasteiger partial charge in [0.2, 0.25) is 0 Å². The fourth-order valence-electron chi connectivity index (χ4n) is 3.56. The van der Waals surface area contributed by atoms with Crippen LogP contribution >= 0.6 is 0 Å². The minimum atomic E-state index is -0.233. The van der Waals surface area contributed by atoms with E-state index in [0.29, 0.717) is 29.1 Å². The van der Waals surface area contributed by atoms with Crippen LogP contribution in [0.25, 0.3) is 16.9 Å². The Morgan fingerprint density at radius 1 is 1.29 bits per heavy atom. The molecule has 3 aliphatic heterocycles. The van der Waals surface area contributed by atoms with Gasteiger partial charge >= 0.3 is 0 Å². The zero-order valence-corrected chi connectivity index (χ0v) is 15.9. The molecular formula is C21H24N4O3. The molecule has 3 heterocycles. The summed E-state index contributed by atoms with van der Waals surface area (Å²) < 4.78 is 8.83. The lowest BCUT2D eigenvalue weighted by atomic mass is 10.1. The van der Waals surface area contributed by atoms with Gasteiger partial charge in [-0.1, -0.05) is 25.1 Å². The fraction of sp³-hybridized carbons (Fsp3) is 0.381. The Morgan fingerprint density at radius 2 is 2.11 bits per heavy atom. The van der Waals surface area contributed by atoms with Gasteiger partial charge in [0.05, 0.1) is 22.9 Å². The third-order valence-corrected chi connectivity index (χ3v) is 4.96. The van der Waals surface area contributed by atoms with Crippen LogP contribution in [0.3, 0.4) is 0 Å². The van der Waals surface area contributed by atoms with Crippen LogP contribution in [0.1, 0.15) is 36.5 Å². The Hall–Kier alpha value is -2.93. The first kappa shape index (κ1) is 18.4. The van der Waals surface area contributed by atoms with Crippen molar-refractivity contribution < 1.29 is 9.53 Å². The average Bonchev–Trinajstić information content (AvgIpc) is 3.35. The number of ether oxygens (including phenoxy) is 1. The Kier molecular flexibility index (Phi) is 5.25. The molecule has 1 fully saturated rings. The van der Waals surface area contributed by atoms with Crippen molar-refractivity contribution in [2.45, 2.75) is 38.8 Å². The first-order valence-corrected chi connectivity index (χ1v) is 9.75. The molecule has 0 radical (unpaired) electrons. The molecule has 4 rings (SSSR count). The molecule has 1 N–H and O–H groups in total. The quantitative estimate of drug-likeness (QED) is 0.713. The molecule has 0 bridgehead atoms. The largest absolute Gasteiger partial charge is 0.376 e. The van der Waals surface area contributed by atoms with Gasteiger partial charge in [-0.15, -0.1) is 0 Å². The Bertz CT molecular complexity index is 987. The van der Waals surface area contributed by atoms with Crippen molar-refractivity contribution in [1.82, 2.24) is 19.7 Å². The molecule has 1 aromatic rings. The lowest BCUT2D eigenvalue weighted by Crippen LogP contribution is -2.32. The summed E-state index contributed by atoms with van der Waals surface area (Å²) in [6.45, 7) is 3.98. The van der Waals surface area contributed by atoms with Gasteiger partial charge in [-0.05, 0) is 31.4 Å². The number of aromatic nitrogens is 3. The topological polar surface area (TPSA) is 78.2 Å². The lowest BCUT2D eigenvalue weighted by Gasteiger charge is -2.14. The number of amides is 1. The number of aryl methyl sites for hydroxylation is 1. The summed E-state index contributed by atoms with van der Waals surface area (Å²) in [5, 5.41) is 7.43. The smallest absolute Gasteiger partial charge is 0.282 e. The number of rotatable bonds is 6. The standard InChI is InChI=1S/C21H24N4O3/c1-2-10-24-13-17(20(26)22-12-16-9-6-11-28-16)19-18(14-24)21(27)25(23-19)15-7-4-3-5-8-15/h3-5,7-8,13-14,16H,2,6,9-12H2,1H3,(H,22,26)/t16-/m0/s1. The molecule has 7 nitrogen and oxygen atoms in total. The van der Waals surface area contributed by atoms with Crippen LogP contribution in [0.4, 0.5) is 0 Å². The van der Waals surface area contributed by atoms with E-state index in [2.05, 4.69) is 17.3 Å². The normalized spacial score (nSPS) is 16.5. The van der Waals surface area contributed by atoms with E-state index < -0.39 is 0 Å². The number of para-hydroxylation sites is 1. The molecule has 146 valence electrons. The molecule has 0 spiro atoms. The summed E-state index contributed by atoms with van der Waals surface area (Å²) in [6, 6.07) is 9.24. The molecule has 7 heteroatoms. The van der Waals surface area contributed by atoms with Gasteiger partial charge in [-0.3, -0.25) is 9.59 Å². The summed E-state index contributed by atoms with van der Waals surface area (Å²) in [4.78, 5) is 25.9. The Morgan fingerprint density at radius 3 is 2.82 bits per heavy atom. The highest BCUT2D eigenvalue weighted by Gasteiger charge is 2.25. The van der Waals surface area contributed by atoms with Crippen LogP contribution in [0.2, 0.25) is 0 Å². The van der Waals surface area contributed by atoms with Crippen molar-refractivity contribution in [3.8, 4) is 16.9 Å². The van der Waals surface area contributed by atoms with Crippen molar-refractivity contribution in [2.24, 2.45) is 0 Å². The van der Waals surface area contributed by atoms with Crippen molar-refractivity contribution in [3.05, 3.63) is 58.6 Å². The van der Waals surface area contributed by atoms with Gasteiger partial charge in [-0.25, -0.2) is 0 Å². The number of pyridine rings is 1. The van der Waals surface area contributed by atoms with Crippen LogP contribution < -0.4 is 10.9 Å². The van der Waals surface area contributed by atoms with Crippen molar-refractivity contribution in [1.29, 1.82) is 0 Å². The van der Waals surface area contributed by atoms with Crippen LogP contribution in [-0.2, 0) is 11.3 Å². The highest BCUT2D eigenvalue weighted by atomic mass is 16.5. The number of nitrogens with one attached hydrogen (secondary N) is 1. The molecule has 0 unspecified atom stereocenters. The molecule has 1 atom stereocenters. The zero-order valence-electron chi connectivity index (χ0n) is 15.9. The minimum absolute atomic E-state index is 0.0582. The predicted octanol–water partition coefficient (Wildman–Crippen LogP) is 2.46. The molecule has 28 heavy (non-hydrogen) atoms. The Balaban J connectivity index is 1.73. The van der Waals surface area contributed by atoms with E-state index in [1.807, 2.05) is 34.9 Å². The van der Waals surface area contributed by atoms with Gasteiger partial charge in [0.15, 0.2) is 0 Å². The molecule has 0 aliphatic carbocycles. The van der Waals surface area contributed by atoms with Crippen LogP contribution in [0.5, 0.6) is 0 Å². The van der Waals surface area contributed by atoms with E-state index in [9.17, 15) is 9.59 Å². The van der Waals surface area contributed by atoms with E-state index in [1.165, 1.54) is 4.68 Å². The maximum absolute atomic E-state index is 13.0. The summed E-state index contributed by atoms with van der Waals surface area (Å²) in [7, 11) is 0. The Labute approximate surface area is 163 Å². The highest BCUT2D eigenvalue weighted by molar-refractivity contribution is 5.99. The van der Waals surface area contributed by atoms with E-state index >= 15 is 0 Å². The monoisotopic (exact) mass is 380 g/mol. The van der Waals surface area contributed by atoms with E-state index in [-0.39, 0.29) is 17.6 Å². The summed E-state index contributed by atoms with van der Waals surface area (Å²) in [5.41, 5.74) is 1.74. The molecular weight excluding hydrogens is 356 g/mol. The van der Waals surface area contributed by atoms with Crippen molar-refractivity contribution >= 4 is 5.91 Å². The average molecular weight is 380 g/mol. The van der Waals surface area contributed by atoms with E-state index in [0.717, 1.165) is 32.4 Å². The molecule has 0 saturated carbocycles. The van der Waals surface area contributed by atoms with Gasteiger partial charge in [0, 0.05) is 32.1 Å². The third kappa shape index (κ3) is 3.57. The second-order valence-corrected chi connectivity index (χ2v) is 7.07. The fourth-order valence-corrected chi connectivity index (χ4v) is 3.56. The summed E-state index contributed by atoms with van der Waals surface area (Å²) in [5.74, 6) is -0.233. The van der Waals surface area contributed by atoms with Gasteiger partial charge in [0.25, 0.3) is 11.5 Å². The third-order valence-electron chi connectivity index (χ3n) is 4.96. The van der Waals surface area contributed by atoms with E-state index in [4.69, 9.17) is 4.74 Å². The molecule has 1 amide bonds. The number of hydrogen-bond donors (Lipinski definition) is 1. The second-order valence-electron chi connectivity index (χ2n) is 7.07. The number of carbonyl (C=O) groups excluding carboxylic acids is 1. The zero-order chi connectivity index (χ0) is 19.5. The lowest BCUT2D eigenvalue weighted by molar-refractivity contribution is 0.0857. The molecule has 3 aliphatic rings. The maximum atomic E-state index is 13.0. The highest BCUT2D eigenvalue weighted by Crippen LogP contribution is 2.22. The van der Waals surface area contributed by atoms with Gasteiger partial charge < -0.3 is 14.6 Å². The van der Waals surface area contributed by atoms with Gasteiger partial charge in [0.1, 0.15) is 5.69 Å². The summed E-state index contributed by atoms with van der Waals surface area (Å²) in [6.07, 6.45) is 6.49. The van der Waals surface area contributed by atoms with Crippen LogP contribution in [0, 0.1) is 0 Å². The van der Waals surface area contributed by atoms with Crippen LogP contribution in [0.15, 0.2) is 47.5 Å². The summed E-state index contributed by atoms with van der Waals surface area (Å²) >= 11 is 0. The maximum Gasteiger partial charge on any atom is 0.282 e. The predicted molar refractivity (Wildman–Crippen MR) is 106 cm³/mol. The number of carbonyl (C=O) groups is 1. The molecule has 0 aromatic heterocycles. The SMILES string of the molecule is CCCn1cc(C(=O)NC[C@@H]2CCCO2)c2nn(-c3ccccc3)c(=O)c-2c1. The van der Waals surface area contributed by atoms with Crippen LogP contribution in [-0.4, -0.2) is 39.5 Å². The molecule has 1 aromatic carbocycles. The number of nitrogens with zero attached hydrogens (tertiary/aromatic N) is 3. The number of benzene rings is 1. The van der Waals surface area contributed by atoms with Gasteiger partial charge in [-0.2, -0.15) is 9.78 Å². The first-order chi connectivity index (χ1) is 13.7.